The fourth-order valence-corrected chi connectivity index (χ4v) is 3.57. The monoisotopic (exact) mass is 349 g/mol. The average Bonchev–Trinajstić information content (AvgIpc) is 2.49. The maximum Gasteiger partial charge on any atom is 0.306 e. The van der Waals surface area contributed by atoms with Gasteiger partial charge < -0.3 is 10.1 Å². The molecule has 1 rings (SSSR count). The minimum absolute atomic E-state index is 0.269. The van der Waals surface area contributed by atoms with Crippen LogP contribution in [0.2, 0.25) is 0 Å². The Morgan fingerprint density at radius 2 is 1.91 bits per heavy atom. The fraction of sp³-hybridized carbons (Fsp3) is 0.938. The number of ether oxygens (including phenoxy) is 1. The van der Waals surface area contributed by atoms with E-state index in [1.165, 1.54) is 6.42 Å². The molecular weight excluding hydrogens is 318 g/mol. The summed E-state index contributed by atoms with van der Waals surface area (Å²) in [6.45, 7) is 2.36. The molecule has 1 saturated carbocycles. The highest BCUT2D eigenvalue weighted by Gasteiger charge is 2.23. The summed E-state index contributed by atoms with van der Waals surface area (Å²) in [5, 5.41) is 3.27. The van der Waals surface area contributed by atoms with E-state index in [1.54, 1.807) is 0 Å². The van der Waals surface area contributed by atoms with Crippen molar-refractivity contribution in [1.82, 2.24) is 5.32 Å². The van der Waals surface area contributed by atoms with Crippen molar-refractivity contribution in [1.29, 1.82) is 0 Å². The van der Waals surface area contributed by atoms with Gasteiger partial charge in [0.1, 0.15) is 11.9 Å². The lowest BCUT2D eigenvalue weighted by Crippen LogP contribution is -2.41. The smallest absolute Gasteiger partial charge is 0.306 e. The highest BCUT2D eigenvalue weighted by atomic mass is 32.2. The van der Waals surface area contributed by atoms with Crippen molar-refractivity contribution in [2.75, 3.05) is 12.3 Å². The van der Waals surface area contributed by atoms with Gasteiger partial charge in [0.2, 0.25) is 0 Å². The van der Waals surface area contributed by atoms with E-state index in [0.29, 0.717) is 12.5 Å². The van der Waals surface area contributed by atoms with Gasteiger partial charge in [-0.25, -0.2) is 0 Å². The number of hydrogen-bond donors (Lipinski definition) is 2. The molecule has 0 amide bonds. The molecule has 1 atom stereocenters. The van der Waals surface area contributed by atoms with Crippen LogP contribution in [0.1, 0.15) is 71.1 Å². The summed E-state index contributed by atoms with van der Waals surface area (Å²) in [7, 11) is -4.17. The average molecular weight is 349 g/mol. The second kappa shape index (κ2) is 11.0. The van der Waals surface area contributed by atoms with Gasteiger partial charge in [0.15, 0.2) is 0 Å². The second-order valence-electron chi connectivity index (χ2n) is 6.41. The molecule has 6 nitrogen and oxygen atoms in total. The molecule has 0 aromatic rings. The van der Waals surface area contributed by atoms with E-state index in [1.807, 2.05) is 0 Å². The van der Waals surface area contributed by atoms with Gasteiger partial charge in [-0.15, -0.1) is 0 Å². The summed E-state index contributed by atoms with van der Waals surface area (Å²) in [6, 6.07) is 0.343. The molecule has 1 fully saturated rings. The van der Waals surface area contributed by atoms with E-state index < -0.39 is 22.0 Å². The van der Waals surface area contributed by atoms with Crippen molar-refractivity contribution >= 4 is 16.1 Å². The quantitative estimate of drug-likeness (QED) is 0.338. The van der Waals surface area contributed by atoms with Crippen molar-refractivity contribution in [2.24, 2.45) is 0 Å². The van der Waals surface area contributed by atoms with Crippen LogP contribution in [-0.2, 0) is 19.6 Å². The number of esters is 1. The molecule has 0 spiro atoms. The summed E-state index contributed by atoms with van der Waals surface area (Å²) in [5.74, 6) is -0.937. The number of carbonyl (C=O) groups is 1. The molecule has 0 aromatic carbocycles. The van der Waals surface area contributed by atoms with E-state index in [9.17, 15) is 13.2 Å². The fourth-order valence-electron chi connectivity index (χ4n) is 2.92. The first-order chi connectivity index (χ1) is 10.9. The molecule has 1 aliphatic carbocycles. The molecule has 1 unspecified atom stereocenters. The SMILES string of the molecule is CCCCCCC(=O)OC(CNC1CCCCC1)CS(=O)(=O)O. The molecule has 23 heavy (non-hydrogen) atoms. The Kier molecular flexibility index (Phi) is 9.74. The summed E-state index contributed by atoms with van der Waals surface area (Å²) >= 11 is 0. The lowest BCUT2D eigenvalue weighted by molar-refractivity contribution is -0.148. The van der Waals surface area contributed by atoms with Gasteiger partial charge in [0.05, 0.1) is 0 Å². The Balaban J connectivity index is 2.39. The molecule has 7 heteroatoms. The van der Waals surface area contributed by atoms with Gasteiger partial charge in [-0.05, 0) is 19.3 Å². The summed E-state index contributed by atoms with van der Waals surface area (Å²) in [4.78, 5) is 11.8. The van der Waals surface area contributed by atoms with Crippen LogP contribution in [0, 0.1) is 0 Å². The molecule has 0 aromatic heterocycles. The van der Waals surface area contributed by atoms with Crippen LogP contribution < -0.4 is 5.32 Å². The van der Waals surface area contributed by atoms with E-state index in [0.717, 1.165) is 51.4 Å². The summed E-state index contributed by atoms with van der Waals surface area (Å²) in [5.41, 5.74) is 0. The number of unbranched alkanes of at least 4 members (excludes halogenated alkanes) is 3. The molecule has 0 heterocycles. The third-order valence-corrected chi connectivity index (χ3v) is 4.96. The molecular formula is C16H31NO5S. The largest absolute Gasteiger partial charge is 0.460 e. The lowest BCUT2D eigenvalue weighted by atomic mass is 9.95. The Morgan fingerprint density at radius 3 is 2.52 bits per heavy atom. The van der Waals surface area contributed by atoms with Crippen LogP contribution in [-0.4, -0.2) is 43.4 Å². The highest BCUT2D eigenvalue weighted by Crippen LogP contribution is 2.17. The maximum absolute atomic E-state index is 11.8. The van der Waals surface area contributed by atoms with Crippen molar-refractivity contribution < 1.29 is 22.5 Å². The molecule has 0 aliphatic heterocycles. The Hall–Kier alpha value is -0.660. The number of carbonyl (C=O) groups excluding carboxylic acids is 1. The van der Waals surface area contributed by atoms with Crippen LogP contribution in [0.25, 0.3) is 0 Å². The third kappa shape index (κ3) is 10.7. The van der Waals surface area contributed by atoms with Crippen molar-refractivity contribution in [3.8, 4) is 0 Å². The van der Waals surface area contributed by atoms with Gasteiger partial charge >= 0.3 is 5.97 Å². The summed E-state index contributed by atoms with van der Waals surface area (Å²) < 4.78 is 36.5. The molecule has 1 aliphatic rings. The minimum Gasteiger partial charge on any atom is -0.460 e. The van der Waals surface area contributed by atoms with Crippen LogP contribution in [0.3, 0.4) is 0 Å². The number of hydrogen-bond acceptors (Lipinski definition) is 5. The molecule has 136 valence electrons. The maximum atomic E-state index is 11.8. The van der Waals surface area contributed by atoms with E-state index in [-0.39, 0.29) is 12.5 Å². The molecule has 0 bridgehead atoms. The minimum atomic E-state index is -4.17. The van der Waals surface area contributed by atoms with Crippen LogP contribution in [0.15, 0.2) is 0 Å². The van der Waals surface area contributed by atoms with Gasteiger partial charge in [0.25, 0.3) is 10.1 Å². The topological polar surface area (TPSA) is 92.7 Å². The zero-order chi connectivity index (χ0) is 17.1. The molecule has 2 N–H and O–H groups in total. The highest BCUT2D eigenvalue weighted by molar-refractivity contribution is 7.85. The van der Waals surface area contributed by atoms with E-state index >= 15 is 0 Å². The Bertz CT molecular complexity index is 432. The lowest BCUT2D eigenvalue weighted by Gasteiger charge is -2.25. The van der Waals surface area contributed by atoms with Gasteiger partial charge in [-0.2, -0.15) is 8.42 Å². The first-order valence-corrected chi connectivity index (χ1v) is 10.4. The van der Waals surface area contributed by atoms with Crippen molar-refractivity contribution in [3.63, 3.8) is 0 Å². The molecule has 0 saturated heterocycles. The van der Waals surface area contributed by atoms with Crippen molar-refractivity contribution in [2.45, 2.75) is 83.3 Å². The van der Waals surface area contributed by atoms with Crippen LogP contribution >= 0.6 is 0 Å². The van der Waals surface area contributed by atoms with Gasteiger partial charge in [0, 0.05) is 19.0 Å². The standard InChI is InChI=1S/C16H31NO5S/c1-2-3-4-8-11-16(18)22-15(13-23(19,20)21)12-17-14-9-6-5-7-10-14/h14-15,17H,2-13H2,1H3,(H,19,20,21). The zero-order valence-corrected chi connectivity index (χ0v) is 14.9. The van der Waals surface area contributed by atoms with E-state index in [4.69, 9.17) is 9.29 Å². The van der Waals surface area contributed by atoms with Gasteiger partial charge in [-0.1, -0.05) is 45.4 Å². The Morgan fingerprint density at radius 1 is 1.22 bits per heavy atom. The zero-order valence-electron chi connectivity index (χ0n) is 14.1. The first kappa shape index (κ1) is 20.4. The number of nitrogens with one attached hydrogen (secondary N) is 1. The van der Waals surface area contributed by atoms with Crippen molar-refractivity contribution in [3.05, 3.63) is 0 Å². The van der Waals surface area contributed by atoms with E-state index in [2.05, 4.69) is 12.2 Å². The predicted octanol–water partition coefficient (Wildman–Crippen LogP) is 2.68. The van der Waals surface area contributed by atoms with Crippen LogP contribution in [0.5, 0.6) is 0 Å². The number of rotatable bonds is 11. The van der Waals surface area contributed by atoms with Crippen LogP contribution in [0.4, 0.5) is 0 Å². The molecule has 0 radical (unpaired) electrons. The summed E-state index contributed by atoms with van der Waals surface area (Å²) in [6.07, 6.45) is 9.03. The first-order valence-electron chi connectivity index (χ1n) is 8.78. The van der Waals surface area contributed by atoms with Gasteiger partial charge in [-0.3, -0.25) is 9.35 Å². The third-order valence-electron chi connectivity index (χ3n) is 4.17. The normalized spacial score (nSPS) is 17.8. The second-order valence-corrected chi connectivity index (χ2v) is 7.91. The predicted molar refractivity (Wildman–Crippen MR) is 89.9 cm³/mol. The Labute approximate surface area is 140 Å².